The van der Waals surface area contributed by atoms with Gasteiger partial charge in [-0.1, -0.05) is 0 Å². The summed E-state index contributed by atoms with van der Waals surface area (Å²) in [4.78, 5) is 59.9. The molecule has 0 radical (unpaired) electrons. The van der Waals surface area contributed by atoms with Gasteiger partial charge in [0.1, 0.15) is 12.7 Å². The Hall–Kier alpha value is -1.10. The Kier molecular flexibility index (Phi) is 7.08. The SMILES string of the molecule is N[C@]1(COP(=O)(O)OP(=O)(O)OP(=O)(O)O)OC(n2ccc(=O)[nH]c2=O)[C@H](F)[C@@H]1O. The molecule has 0 bridgehead atoms. The van der Waals surface area contributed by atoms with Crippen molar-refractivity contribution >= 4 is 23.5 Å². The molecular weight excluding hydrogens is 486 g/mol. The minimum Gasteiger partial charge on any atom is -0.385 e. The van der Waals surface area contributed by atoms with Gasteiger partial charge in [-0.05, 0) is 0 Å². The van der Waals surface area contributed by atoms with Crippen LogP contribution in [0.1, 0.15) is 6.23 Å². The van der Waals surface area contributed by atoms with Crippen LogP contribution in [0.4, 0.5) is 4.39 Å². The second kappa shape index (κ2) is 8.44. The number of aliphatic hydroxyl groups is 1. The molecule has 30 heavy (non-hydrogen) atoms. The molecule has 6 atom stereocenters. The fourth-order valence-electron chi connectivity index (χ4n) is 2.23. The molecule has 1 saturated heterocycles. The van der Waals surface area contributed by atoms with Gasteiger partial charge in [0.05, 0.1) is 0 Å². The number of aromatic amines is 1. The molecule has 1 aliphatic rings. The van der Waals surface area contributed by atoms with E-state index >= 15 is 0 Å². The topological polar surface area (TPSA) is 270 Å². The summed E-state index contributed by atoms with van der Waals surface area (Å²) in [6.45, 7) is -1.38. The molecule has 2 heterocycles. The number of hydrogen-bond donors (Lipinski definition) is 7. The fourth-order valence-corrected chi connectivity index (χ4v) is 5.29. The average molecular weight is 501 g/mol. The van der Waals surface area contributed by atoms with E-state index in [4.69, 9.17) is 25.2 Å². The summed E-state index contributed by atoms with van der Waals surface area (Å²) in [6.07, 6.45) is -5.80. The lowest BCUT2D eigenvalue weighted by Crippen LogP contribution is -2.54. The Morgan fingerprint density at radius 3 is 2.33 bits per heavy atom. The maximum atomic E-state index is 14.4. The van der Waals surface area contributed by atoms with Crippen molar-refractivity contribution in [2.45, 2.75) is 24.2 Å². The third-order valence-corrected chi connectivity index (χ3v) is 7.19. The van der Waals surface area contributed by atoms with Gasteiger partial charge in [0, 0.05) is 12.3 Å². The second-order valence-corrected chi connectivity index (χ2v) is 10.2. The van der Waals surface area contributed by atoms with Gasteiger partial charge in [-0.2, -0.15) is 8.62 Å². The van der Waals surface area contributed by atoms with E-state index in [1.54, 1.807) is 4.98 Å². The Morgan fingerprint density at radius 1 is 1.20 bits per heavy atom. The average Bonchev–Trinajstić information content (AvgIpc) is 2.75. The number of ether oxygens (including phenoxy) is 1. The zero-order chi connectivity index (χ0) is 23.1. The van der Waals surface area contributed by atoms with Gasteiger partial charge in [0.2, 0.25) is 0 Å². The van der Waals surface area contributed by atoms with Gasteiger partial charge in [-0.15, -0.1) is 0 Å². The molecule has 1 aromatic heterocycles. The van der Waals surface area contributed by atoms with E-state index in [1.165, 1.54) is 0 Å². The molecule has 1 fully saturated rings. The molecule has 2 rings (SSSR count). The van der Waals surface area contributed by atoms with E-state index in [9.17, 15) is 37.7 Å². The third-order valence-electron chi connectivity index (χ3n) is 3.41. The van der Waals surface area contributed by atoms with Crippen LogP contribution in [0, 0.1) is 0 Å². The van der Waals surface area contributed by atoms with Crippen LogP contribution in [0.5, 0.6) is 0 Å². The van der Waals surface area contributed by atoms with Crippen LogP contribution in [0.15, 0.2) is 21.9 Å². The zero-order valence-corrected chi connectivity index (χ0v) is 16.9. The number of aliphatic hydroxyl groups excluding tert-OH is 1. The number of halogens is 1. The van der Waals surface area contributed by atoms with E-state index in [0.717, 1.165) is 12.3 Å². The Balaban J connectivity index is 2.15. The van der Waals surface area contributed by atoms with Crippen molar-refractivity contribution in [1.29, 1.82) is 0 Å². The molecule has 21 heteroatoms. The highest BCUT2D eigenvalue weighted by Gasteiger charge is 2.55. The van der Waals surface area contributed by atoms with Crippen LogP contribution in [0.3, 0.4) is 0 Å². The normalized spacial score (nSPS) is 31.2. The molecule has 0 saturated carbocycles. The first-order chi connectivity index (χ1) is 13.4. The summed E-state index contributed by atoms with van der Waals surface area (Å²) in [5, 5.41) is 9.94. The Morgan fingerprint density at radius 2 is 1.80 bits per heavy atom. The summed E-state index contributed by atoms with van der Waals surface area (Å²) >= 11 is 0. The minimum absolute atomic E-state index is 0.509. The number of phosphoric ester groups is 1. The highest BCUT2D eigenvalue weighted by molar-refractivity contribution is 7.66. The number of H-pyrrole nitrogens is 1. The molecule has 1 aromatic rings. The lowest BCUT2D eigenvalue weighted by Gasteiger charge is -2.27. The van der Waals surface area contributed by atoms with E-state index in [1.807, 2.05) is 0 Å². The first-order valence-electron chi connectivity index (χ1n) is 7.33. The predicted octanol–water partition coefficient (Wildman–Crippen LogP) is -2.24. The largest absolute Gasteiger partial charge is 0.490 e. The minimum atomic E-state index is -5.82. The number of nitrogens with two attached hydrogens (primary N) is 1. The van der Waals surface area contributed by atoms with Crippen LogP contribution < -0.4 is 17.0 Å². The van der Waals surface area contributed by atoms with E-state index in [2.05, 4.69) is 13.1 Å². The molecule has 172 valence electrons. The van der Waals surface area contributed by atoms with Crippen LogP contribution in [0.2, 0.25) is 0 Å². The van der Waals surface area contributed by atoms with Crippen LogP contribution in [0.25, 0.3) is 0 Å². The maximum Gasteiger partial charge on any atom is 0.490 e. The van der Waals surface area contributed by atoms with Crippen molar-refractivity contribution in [2.75, 3.05) is 6.61 Å². The molecule has 0 aromatic carbocycles. The third kappa shape index (κ3) is 6.21. The lowest BCUT2D eigenvalue weighted by molar-refractivity contribution is -0.123. The molecule has 0 aliphatic carbocycles. The summed E-state index contributed by atoms with van der Waals surface area (Å²) in [6, 6.07) is 0.826. The summed E-state index contributed by atoms with van der Waals surface area (Å²) in [7, 11) is -17.1. The molecule has 8 N–H and O–H groups in total. The molecule has 0 spiro atoms. The quantitative estimate of drug-likeness (QED) is 0.186. The van der Waals surface area contributed by atoms with Gasteiger partial charge in [0.15, 0.2) is 18.1 Å². The highest BCUT2D eigenvalue weighted by atomic mass is 31.3. The van der Waals surface area contributed by atoms with Gasteiger partial charge in [-0.25, -0.2) is 22.9 Å². The second-order valence-electron chi connectivity index (χ2n) is 5.73. The summed E-state index contributed by atoms with van der Waals surface area (Å²) in [5.41, 5.74) is 0.992. The monoisotopic (exact) mass is 501 g/mol. The van der Waals surface area contributed by atoms with E-state index < -0.39 is 65.6 Å². The number of nitrogens with one attached hydrogen (secondary N) is 1. The molecule has 3 unspecified atom stereocenters. The van der Waals surface area contributed by atoms with Crippen molar-refractivity contribution in [3.05, 3.63) is 33.1 Å². The van der Waals surface area contributed by atoms with E-state index in [0.29, 0.717) is 4.57 Å². The first-order valence-corrected chi connectivity index (χ1v) is 11.9. The van der Waals surface area contributed by atoms with Crippen LogP contribution in [-0.2, 0) is 31.6 Å². The Labute approximate surface area is 164 Å². The van der Waals surface area contributed by atoms with Crippen LogP contribution >= 0.6 is 23.5 Å². The smallest absolute Gasteiger partial charge is 0.385 e. The number of aromatic nitrogens is 2. The first kappa shape index (κ1) is 25.2. The van der Waals surface area contributed by atoms with Crippen molar-refractivity contribution in [2.24, 2.45) is 5.73 Å². The number of nitrogens with zero attached hydrogens (tertiary/aromatic N) is 1. The summed E-state index contributed by atoms with van der Waals surface area (Å²) in [5.74, 6) is 0. The maximum absolute atomic E-state index is 14.4. The standard InChI is InChI=1S/C9H15FN3O14P3/c10-5-6(15)9(11,25-7(5)13-2-1-4(14)12-8(13)16)3-24-29(20,21)27-30(22,23)26-28(17,18)19/h1-2,5-7,15H,3,11H2,(H,20,21)(H,22,23)(H,12,14,16)(H2,17,18,19)/t5-,6+,7?,9-/m1/s1. The molecule has 17 nitrogen and oxygen atoms in total. The lowest BCUT2D eigenvalue weighted by atomic mass is 10.1. The van der Waals surface area contributed by atoms with Crippen LogP contribution in [-0.4, -0.2) is 58.8 Å². The van der Waals surface area contributed by atoms with Crippen molar-refractivity contribution in [3.8, 4) is 0 Å². The predicted molar refractivity (Wildman–Crippen MR) is 89.1 cm³/mol. The van der Waals surface area contributed by atoms with Gasteiger partial charge >= 0.3 is 29.2 Å². The van der Waals surface area contributed by atoms with E-state index in [-0.39, 0.29) is 0 Å². The molecule has 0 amide bonds. The Bertz CT molecular complexity index is 1050. The van der Waals surface area contributed by atoms with Crippen molar-refractivity contribution in [3.63, 3.8) is 0 Å². The zero-order valence-electron chi connectivity index (χ0n) is 14.2. The van der Waals surface area contributed by atoms with Crippen molar-refractivity contribution in [1.82, 2.24) is 9.55 Å². The molecular formula is C9H15FN3O14P3. The summed E-state index contributed by atoms with van der Waals surface area (Å²) < 4.78 is 64.6. The number of phosphoric acid groups is 3. The molecule has 1 aliphatic heterocycles. The highest BCUT2D eigenvalue weighted by Crippen LogP contribution is 2.66. The van der Waals surface area contributed by atoms with Gasteiger partial charge in [-0.3, -0.25) is 24.6 Å². The number of rotatable bonds is 8. The van der Waals surface area contributed by atoms with Crippen molar-refractivity contribution < 1.29 is 60.6 Å². The number of hydrogen-bond acceptors (Lipinski definition) is 11. The van der Waals surface area contributed by atoms with Gasteiger partial charge < -0.3 is 29.4 Å². The van der Waals surface area contributed by atoms with Gasteiger partial charge in [0.25, 0.3) is 5.56 Å². The fraction of sp³-hybridized carbons (Fsp3) is 0.556. The number of alkyl halides is 1.